The number of benzene rings is 2. The van der Waals surface area contributed by atoms with Gasteiger partial charge in [-0.2, -0.15) is 0 Å². The molecule has 9 heteroatoms. The first kappa shape index (κ1) is 27.6. The van der Waals surface area contributed by atoms with E-state index in [4.69, 9.17) is 33.9 Å². The highest BCUT2D eigenvalue weighted by Gasteiger charge is 1.97. The van der Waals surface area contributed by atoms with Crippen LogP contribution in [0.3, 0.4) is 0 Å². The number of hydrogen-bond donors (Lipinski definition) is 2. The summed E-state index contributed by atoms with van der Waals surface area (Å²) in [5, 5.41) is 17.2. The minimum atomic E-state index is -0.987. The van der Waals surface area contributed by atoms with Crippen molar-refractivity contribution in [2.75, 3.05) is 52.9 Å². The number of carbonyl (C=O) groups is 2. The molecule has 0 bridgehead atoms. The van der Waals surface area contributed by atoms with Gasteiger partial charge in [-0.05, 0) is 47.5 Å². The van der Waals surface area contributed by atoms with E-state index in [0.717, 1.165) is 23.3 Å². The molecular weight excluding hydrogens is 456 g/mol. The minimum absolute atomic E-state index is 0.398. The van der Waals surface area contributed by atoms with Crippen LogP contribution in [0.4, 0.5) is 0 Å². The van der Waals surface area contributed by atoms with Gasteiger partial charge in [0.25, 0.3) is 0 Å². The predicted molar refractivity (Wildman–Crippen MR) is 130 cm³/mol. The van der Waals surface area contributed by atoms with Gasteiger partial charge in [0.05, 0.1) is 39.6 Å². The van der Waals surface area contributed by atoms with Gasteiger partial charge in [0.2, 0.25) is 0 Å². The van der Waals surface area contributed by atoms with Crippen molar-refractivity contribution in [1.82, 2.24) is 0 Å². The van der Waals surface area contributed by atoms with Crippen molar-refractivity contribution in [3.05, 3.63) is 71.8 Å². The first-order valence-electron chi connectivity index (χ1n) is 11.0. The third-order valence-corrected chi connectivity index (χ3v) is 4.33. The third kappa shape index (κ3) is 13.6. The van der Waals surface area contributed by atoms with E-state index < -0.39 is 11.9 Å². The third-order valence-electron chi connectivity index (χ3n) is 4.33. The van der Waals surface area contributed by atoms with Crippen LogP contribution in [0.25, 0.3) is 12.2 Å². The Morgan fingerprint density at radius 1 is 0.543 bits per heavy atom. The zero-order chi connectivity index (χ0) is 25.1. The first-order chi connectivity index (χ1) is 17.0. The standard InChI is InChI=1S/C26H30O9/c27-25(28)11-5-21-1-7-23(8-2-21)34-19-17-32-15-13-31-14-16-33-18-20-35-24-9-3-22(4-10-24)6-12-26(29)30/h1-12H,13-20H2,(H,27,28)(H,29,30)/b11-5+,12-6+. The molecule has 0 amide bonds. The van der Waals surface area contributed by atoms with Crippen LogP contribution in [0, 0.1) is 0 Å². The lowest BCUT2D eigenvalue weighted by Crippen LogP contribution is -2.14. The van der Waals surface area contributed by atoms with E-state index in [1.807, 2.05) is 0 Å². The maximum atomic E-state index is 10.5. The summed E-state index contributed by atoms with van der Waals surface area (Å²) in [6.45, 7) is 3.44. The molecule has 2 rings (SSSR count). The molecule has 188 valence electrons. The van der Waals surface area contributed by atoms with Gasteiger partial charge in [0, 0.05) is 12.2 Å². The quantitative estimate of drug-likeness (QED) is 0.241. The van der Waals surface area contributed by atoms with Gasteiger partial charge in [-0.15, -0.1) is 0 Å². The Morgan fingerprint density at radius 2 is 0.857 bits per heavy atom. The molecule has 35 heavy (non-hydrogen) atoms. The van der Waals surface area contributed by atoms with E-state index in [9.17, 15) is 9.59 Å². The highest BCUT2D eigenvalue weighted by Crippen LogP contribution is 2.14. The molecule has 0 atom stereocenters. The van der Waals surface area contributed by atoms with Gasteiger partial charge >= 0.3 is 11.9 Å². The average molecular weight is 487 g/mol. The largest absolute Gasteiger partial charge is 0.491 e. The van der Waals surface area contributed by atoms with Gasteiger partial charge in [-0.3, -0.25) is 0 Å². The number of carboxylic acid groups (broad SMARTS) is 2. The fourth-order valence-corrected chi connectivity index (χ4v) is 2.66. The molecule has 0 aliphatic carbocycles. The lowest BCUT2D eigenvalue weighted by atomic mass is 10.2. The highest BCUT2D eigenvalue weighted by molar-refractivity contribution is 5.85. The fraction of sp³-hybridized carbons (Fsp3) is 0.308. The molecule has 0 radical (unpaired) electrons. The van der Waals surface area contributed by atoms with Crippen LogP contribution in [0.1, 0.15) is 11.1 Å². The Bertz CT molecular complexity index is 857. The summed E-state index contributed by atoms with van der Waals surface area (Å²) >= 11 is 0. The van der Waals surface area contributed by atoms with E-state index in [-0.39, 0.29) is 0 Å². The monoisotopic (exact) mass is 486 g/mol. The number of hydrogen-bond acceptors (Lipinski definition) is 7. The summed E-state index contributed by atoms with van der Waals surface area (Å²) in [4.78, 5) is 21.0. The van der Waals surface area contributed by atoms with E-state index in [1.54, 1.807) is 48.5 Å². The Morgan fingerprint density at radius 3 is 1.17 bits per heavy atom. The fourth-order valence-electron chi connectivity index (χ4n) is 2.66. The van der Waals surface area contributed by atoms with Crippen molar-refractivity contribution in [3.8, 4) is 11.5 Å². The topological polar surface area (TPSA) is 121 Å². The van der Waals surface area contributed by atoms with Gasteiger partial charge in [0.15, 0.2) is 0 Å². The minimum Gasteiger partial charge on any atom is -0.491 e. The molecule has 0 aliphatic rings. The Balaban J connectivity index is 1.39. The summed E-state index contributed by atoms with van der Waals surface area (Å²) in [5.74, 6) is -0.607. The number of ether oxygens (including phenoxy) is 5. The highest BCUT2D eigenvalue weighted by atomic mass is 16.6. The van der Waals surface area contributed by atoms with Crippen LogP contribution < -0.4 is 9.47 Å². The molecule has 2 aromatic rings. The van der Waals surface area contributed by atoms with Gasteiger partial charge in [-0.1, -0.05) is 24.3 Å². The van der Waals surface area contributed by atoms with E-state index in [1.165, 1.54) is 12.2 Å². The predicted octanol–water partition coefficient (Wildman–Crippen LogP) is 3.39. The maximum Gasteiger partial charge on any atom is 0.328 e. The summed E-state index contributed by atoms with van der Waals surface area (Å²) in [5.41, 5.74) is 1.56. The Kier molecular flexibility index (Phi) is 13.3. The summed E-state index contributed by atoms with van der Waals surface area (Å²) < 4.78 is 27.5. The van der Waals surface area contributed by atoms with Crippen LogP contribution in [0.2, 0.25) is 0 Å². The molecule has 0 unspecified atom stereocenters. The molecule has 0 saturated heterocycles. The second-order valence-corrected chi connectivity index (χ2v) is 7.02. The van der Waals surface area contributed by atoms with E-state index in [2.05, 4.69) is 0 Å². The van der Waals surface area contributed by atoms with Gasteiger partial charge in [0.1, 0.15) is 24.7 Å². The first-order valence-corrected chi connectivity index (χ1v) is 11.0. The van der Waals surface area contributed by atoms with Crippen molar-refractivity contribution in [3.63, 3.8) is 0 Å². The normalized spacial score (nSPS) is 11.2. The smallest absolute Gasteiger partial charge is 0.328 e. The molecule has 9 nitrogen and oxygen atoms in total. The van der Waals surface area contributed by atoms with Gasteiger partial charge in [-0.25, -0.2) is 9.59 Å². The van der Waals surface area contributed by atoms with E-state index >= 15 is 0 Å². The summed E-state index contributed by atoms with van der Waals surface area (Å²) in [7, 11) is 0. The van der Waals surface area contributed by atoms with E-state index in [0.29, 0.717) is 64.4 Å². The zero-order valence-electron chi connectivity index (χ0n) is 19.3. The number of carboxylic acids is 2. The Labute approximate surface area is 204 Å². The lowest BCUT2D eigenvalue weighted by Gasteiger charge is -2.09. The maximum absolute atomic E-state index is 10.5. The molecule has 0 spiro atoms. The van der Waals surface area contributed by atoms with Crippen LogP contribution in [0.5, 0.6) is 11.5 Å². The van der Waals surface area contributed by atoms with Crippen molar-refractivity contribution in [2.45, 2.75) is 0 Å². The average Bonchev–Trinajstić information content (AvgIpc) is 2.85. The van der Waals surface area contributed by atoms with Crippen LogP contribution in [-0.2, 0) is 23.8 Å². The molecule has 2 aromatic carbocycles. The number of aliphatic carboxylic acids is 2. The molecule has 0 heterocycles. The molecule has 2 N–H and O–H groups in total. The molecule has 0 fully saturated rings. The molecule has 0 saturated carbocycles. The van der Waals surface area contributed by atoms with Crippen LogP contribution in [-0.4, -0.2) is 75.0 Å². The van der Waals surface area contributed by atoms with Crippen molar-refractivity contribution in [1.29, 1.82) is 0 Å². The van der Waals surface area contributed by atoms with Crippen LogP contribution >= 0.6 is 0 Å². The van der Waals surface area contributed by atoms with Crippen molar-refractivity contribution >= 4 is 24.1 Å². The van der Waals surface area contributed by atoms with Gasteiger partial charge < -0.3 is 33.9 Å². The Hall–Kier alpha value is -3.66. The summed E-state index contributed by atoms with van der Waals surface area (Å²) in [6.07, 6.45) is 5.20. The summed E-state index contributed by atoms with van der Waals surface area (Å²) in [6, 6.07) is 14.2. The van der Waals surface area contributed by atoms with Crippen LogP contribution in [0.15, 0.2) is 60.7 Å². The number of rotatable bonds is 18. The van der Waals surface area contributed by atoms with Crippen molar-refractivity contribution < 1.29 is 43.5 Å². The second kappa shape index (κ2) is 16.9. The van der Waals surface area contributed by atoms with Crippen molar-refractivity contribution in [2.24, 2.45) is 0 Å². The molecule has 0 aromatic heterocycles. The zero-order valence-corrected chi connectivity index (χ0v) is 19.3. The SMILES string of the molecule is O=C(O)/C=C/c1ccc(OCCOCCOCCOCCOc2ccc(/C=C/C(=O)O)cc2)cc1. The molecular formula is C26H30O9. The second-order valence-electron chi connectivity index (χ2n) is 7.02. The lowest BCUT2D eigenvalue weighted by molar-refractivity contribution is -0.132. The molecule has 0 aliphatic heterocycles.